The van der Waals surface area contributed by atoms with E-state index in [2.05, 4.69) is 49.4 Å². The second-order valence-corrected chi connectivity index (χ2v) is 8.65. The SMILES string of the molecule is Cc1cccc(COC2CCc3cc([C@H]4CC[C@](N)(CO)C4)ccc3C2)c1. The van der Waals surface area contributed by atoms with Crippen molar-refractivity contribution in [2.24, 2.45) is 5.73 Å². The van der Waals surface area contributed by atoms with Gasteiger partial charge in [0, 0.05) is 5.54 Å². The number of rotatable bonds is 5. The molecule has 2 aromatic carbocycles. The molecule has 2 aromatic rings. The fourth-order valence-electron chi connectivity index (χ4n) is 4.74. The first-order valence-corrected chi connectivity index (χ1v) is 10.2. The molecule has 0 radical (unpaired) electrons. The van der Waals surface area contributed by atoms with Gasteiger partial charge in [-0.1, -0.05) is 48.0 Å². The van der Waals surface area contributed by atoms with Crippen molar-refractivity contribution in [3.63, 3.8) is 0 Å². The lowest BCUT2D eigenvalue weighted by Gasteiger charge is -2.26. The maximum atomic E-state index is 9.52. The van der Waals surface area contributed by atoms with Gasteiger partial charge in [0.05, 0.1) is 19.3 Å². The second kappa shape index (κ2) is 7.75. The first kappa shape index (κ1) is 18.7. The summed E-state index contributed by atoms with van der Waals surface area (Å²) in [6.45, 7) is 2.91. The smallest absolute Gasteiger partial charge is 0.0720 e. The van der Waals surface area contributed by atoms with Crippen molar-refractivity contribution in [3.05, 3.63) is 70.3 Å². The topological polar surface area (TPSA) is 55.5 Å². The van der Waals surface area contributed by atoms with Crippen LogP contribution >= 0.6 is 0 Å². The van der Waals surface area contributed by atoms with Gasteiger partial charge in [-0.15, -0.1) is 0 Å². The summed E-state index contributed by atoms with van der Waals surface area (Å²) in [5.74, 6) is 0.489. The number of nitrogens with two attached hydrogens (primary N) is 1. The van der Waals surface area contributed by atoms with E-state index >= 15 is 0 Å². The molecular formula is C24H31NO2. The molecule has 0 bridgehead atoms. The maximum absolute atomic E-state index is 9.52. The van der Waals surface area contributed by atoms with E-state index in [9.17, 15) is 5.11 Å². The maximum Gasteiger partial charge on any atom is 0.0720 e. The molecule has 144 valence electrons. The van der Waals surface area contributed by atoms with Gasteiger partial charge in [-0.3, -0.25) is 0 Å². The molecule has 2 aliphatic rings. The molecular weight excluding hydrogens is 334 g/mol. The highest BCUT2D eigenvalue weighted by Gasteiger charge is 2.36. The van der Waals surface area contributed by atoms with E-state index in [-0.39, 0.29) is 12.1 Å². The molecule has 0 amide bonds. The van der Waals surface area contributed by atoms with Crippen molar-refractivity contribution in [1.82, 2.24) is 0 Å². The molecule has 1 saturated carbocycles. The number of aliphatic hydroxyl groups is 1. The minimum atomic E-state index is -0.380. The predicted octanol–water partition coefficient (Wildman–Crippen LogP) is 4.03. The number of fused-ring (bicyclic) bond motifs is 1. The Morgan fingerprint density at radius 1 is 1.15 bits per heavy atom. The monoisotopic (exact) mass is 365 g/mol. The van der Waals surface area contributed by atoms with Crippen LogP contribution in [0.25, 0.3) is 0 Å². The van der Waals surface area contributed by atoms with E-state index < -0.39 is 0 Å². The van der Waals surface area contributed by atoms with Gasteiger partial charge in [0.25, 0.3) is 0 Å². The number of ether oxygens (including phenoxy) is 1. The third-order valence-corrected chi connectivity index (χ3v) is 6.41. The van der Waals surface area contributed by atoms with Crippen LogP contribution in [0.15, 0.2) is 42.5 Å². The number of benzene rings is 2. The molecule has 0 saturated heterocycles. The highest BCUT2D eigenvalue weighted by atomic mass is 16.5. The Bertz CT molecular complexity index is 803. The number of hydrogen-bond donors (Lipinski definition) is 2. The quantitative estimate of drug-likeness (QED) is 0.841. The number of hydrogen-bond acceptors (Lipinski definition) is 3. The first-order valence-electron chi connectivity index (χ1n) is 10.2. The number of aryl methyl sites for hydroxylation is 2. The summed E-state index contributed by atoms with van der Waals surface area (Å²) in [6.07, 6.45) is 6.38. The molecule has 27 heavy (non-hydrogen) atoms. The van der Waals surface area contributed by atoms with Crippen molar-refractivity contribution in [2.75, 3.05) is 6.61 Å². The fourth-order valence-corrected chi connectivity index (χ4v) is 4.74. The van der Waals surface area contributed by atoms with Crippen LogP contribution in [0.1, 0.15) is 59.4 Å². The molecule has 1 unspecified atom stereocenters. The van der Waals surface area contributed by atoms with Crippen LogP contribution in [-0.2, 0) is 24.2 Å². The van der Waals surface area contributed by atoms with Crippen LogP contribution in [-0.4, -0.2) is 23.4 Å². The number of aliphatic hydroxyl groups excluding tert-OH is 1. The zero-order valence-corrected chi connectivity index (χ0v) is 16.3. The Morgan fingerprint density at radius 3 is 2.81 bits per heavy atom. The molecule has 3 heteroatoms. The molecule has 3 atom stereocenters. The van der Waals surface area contributed by atoms with Crippen molar-refractivity contribution < 1.29 is 9.84 Å². The van der Waals surface area contributed by atoms with Gasteiger partial charge in [-0.2, -0.15) is 0 Å². The summed E-state index contributed by atoms with van der Waals surface area (Å²) in [5.41, 5.74) is 12.7. The van der Waals surface area contributed by atoms with Crippen LogP contribution in [0.3, 0.4) is 0 Å². The van der Waals surface area contributed by atoms with Crippen LogP contribution in [0.4, 0.5) is 0 Å². The lowest BCUT2D eigenvalue weighted by Crippen LogP contribution is -2.40. The molecule has 0 heterocycles. The molecule has 4 rings (SSSR count). The summed E-state index contributed by atoms with van der Waals surface area (Å²) >= 11 is 0. The standard InChI is InChI=1S/C24H31NO2/c1-17-3-2-4-18(11-17)15-27-23-8-7-19-12-20(5-6-21(19)13-23)22-9-10-24(25,14-22)16-26/h2-6,11-12,22-23,26H,7-10,13-16,25H2,1H3/t22-,23?,24+/m0/s1. The average molecular weight is 366 g/mol. The Hall–Kier alpha value is -1.68. The lowest BCUT2D eigenvalue weighted by atomic mass is 9.85. The van der Waals surface area contributed by atoms with E-state index in [4.69, 9.17) is 10.5 Å². The summed E-state index contributed by atoms with van der Waals surface area (Å²) in [4.78, 5) is 0. The molecule has 0 aliphatic heterocycles. The predicted molar refractivity (Wildman–Crippen MR) is 109 cm³/mol. The second-order valence-electron chi connectivity index (χ2n) is 8.65. The van der Waals surface area contributed by atoms with Gasteiger partial charge >= 0.3 is 0 Å². The third-order valence-electron chi connectivity index (χ3n) is 6.41. The van der Waals surface area contributed by atoms with Crippen molar-refractivity contribution >= 4 is 0 Å². The van der Waals surface area contributed by atoms with Gasteiger partial charge < -0.3 is 15.6 Å². The Labute approximate surface area is 162 Å². The summed E-state index contributed by atoms with van der Waals surface area (Å²) in [7, 11) is 0. The minimum absolute atomic E-state index is 0.0917. The molecule has 1 fully saturated rings. The molecule has 3 nitrogen and oxygen atoms in total. The fraction of sp³-hybridized carbons (Fsp3) is 0.500. The highest BCUT2D eigenvalue weighted by Crippen LogP contribution is 2.40. The van der Waals surface area contributed by atoms with Gasteiger partial charge in [0.15, 0.2) is 0 Å². The summed E-state index contributed by atoms with van der Waals surface area (Å²) in [6, 6.07) is 15.5. The van der Waals surface area contributed by atoms with Crippen LogP contribution in [0, 0.1) is 6.92 Å². The van der Waals surface area contributed by atoms with E-state index in [1.165, 1.54) is 27.8 Å². The van der Waals surface area contributed by atoms with Gasteiger partial charge in [-0.25, -0.2) is 0 Å². The van der Waals surface area contributed by atoms with Crippen molar-refractivity contribution in [3.8, 4) is 0 Å². The average Bonchev–Trinajstić information content (AvgIpc) is 3.09. The Morgan fingerprint density at radius 2 is 2.04 bits per heavy atom. The van der Waals surface area contributed by atoms with Crippen LogP contribution in [0.2, 0.25) is 0 Å². The van der Waals surface area contributed by atoms with E-state index in [1.54, 1.807) is 0 Å². The minimum Gasteiger partial charge on any atom is -0.394 e. The zero-order valence-electron chi connectivity index (χ0n) is 16.3. The van der Waals surface area contributed by atoms with Crippen molar-refractivity contribution in [1.29, 1.82) is 0 Å². The van der Waals surface area contributed by atoms with E-state index in [0.717, 1.165) is 38.5 Å². The Kier molecular flexibility index (Phi) is 5.36. The van der Waals surface area contributed by atoms with Gasteiger partial charge in [0.1, 0.15) is 0 Å². The normalized spacial score (nSPS) is 27.5. The molecule has 0 aromatic heterocycles. The van der Waals surface area contributed by atoms with Crippen LogP contribution in [0.5, 0.6) is 0 Å². The summed E-state index contributed by atoms with van der Waals surface area (Å²) < 4.78 is 6.21. The summed E-state index contributed by atoms with van der Waals surface area (Å²) in [5, 5.41) is 9.52. The van der Waals surface area contributed by atoms with Gasteiger partial charge in [0.2, 0.25) is 0 Å². The van der Waals surface area contributed by atoms with E-state index in [1.807, 2.05) is 0 Å². The van der Waals surface area contributed by atoms with E-state index in [0.29, 0.717) is 18.6 Å². The molecule has 2 aliphatic carbocycles. The Balaban J connectivity index is 1.38. The largest absolute Gasteiger partial charge is 0.394 e. The molecule has 3 N–H and O–H groups in total. The lowest BCUT2D eigenvalue weighted by molar-refractivity contribution is 0.0319. The highest BCUT2D eigenvalue weighted by molar-refractivity contribution is 5.37. The van der Waals surface area contributed by atoms with Gasteiger partial charge in [-0.05, 0) is 73.6 Å². The van der Waals surface area contributed by atoms with Crippen LogP contribution < -0.4 is 5.73 Å². The van der Waals surface area contributed by atoms with Crippen molar-refractivity contribution in [2.45, 2.75) is 69.6 Å². The third kappa shape index (κ3) is 4.26. The zero-order chi connectivity index (χ0) is 18.9. The molecule has 0 spiro atoms. The first-order chi connectivity index (χ1) is 13.0.